The summed E-state index contributed by atoms with van der Waals surface area (Å²) in [5.74, 6) is 0.293. The Labute approximate surface area is 351 Å². The molecule has 0 spiro atoms. The number of rotatable bonds is 43. The minimum Gasteiger partial charge on any atom is -0.726 e. The molecule has 0 aliphatic heterocycles. The van der Waals surface area contributed by atoms with E-state index in [1.165, 1.54) is 141 Å². The Balaban J connectivity index is 0. The molecule has 0 aromatic carbocycles. The average molecular weight is 838 g/mol. The number of nitrogens with one attached hydrogen (secondary N) is 2. The van der Waals surface area contributed by atoms with Crippen molar-refractivity contribution in [2.75, 3.05) is 79.9 Å². The van der Waals surface area contributed by atoms with E-state index in [9.17, 15) is 22.6 Å². The molecule has 0 bridgehead atoms. The molecule has 0 fully saturated rings. The van der Waals surface area contributed by atoms with Gasteiger partial charge in [0.15, 0.2) is 0 Å². The Bertz CT molecular complexity index is 925. The van der Waals surface area contributed by atoms with E-state index in [2.05, 4.69) is 35.7 Å². The van der Waals surface area contributed by atoms with Crippen molar-refractivity contribution in [3.63, 3.8) is 0 Å². The first-order chi connectivity index (χ1) is 27.5. The van der Waals surface area contributed by atoms with Crippen molar-refractivity contribution < 1.29 is 45.8 Å². The third kappa shape index (κ3) is 48.9. The monoisotopic (exact) mass is 838 g/mol. The average Bonchev–Trinajstić information content (AvgIpc) is 3.18. The fourth-order valence-corrected chi connectivity index (χ4v) is 6.72. The largest absolute Gasteiger partial charge is 0.726 e. The molecule has 0 radical (unpaired) electrons. The van der Waals surface area contributed by atoms with Crippen LogP contribution in [-0.2, 0) is 33.6 Å². The van der Waals surface area contributed by atoms with Crippen LogP contribution in [0.25, 0.3) is 0 Å². The minimum atomic E-state index is -4.41. The van der Waals surface area contributed by atoms with E-state index in [0.717, 1.165) is 56.9 Å². The van der Waals surface area contributed by atoms with Crippen LogP contribution in [0.4, 0.5) is 0 Å². The van der Waals surface area contributed by atoms with Crippen molar-refractivity contribution in [2.24, 2.45) is 0 Å². The molecule has 2 amide bonds. The lowest BCUT2D eigenvalue weighted by molar-refractivity contribution is -0.907. The van der Waals surface area contributed by atoms with Crippen LogP contribution in [0.15, 0.2) is 0 Å². The maximum absolute atomic E-state index is 12.6. The number of unbranched alkanes of at least 4 members (excludes halogenated alkanes) is 24. The van der Waals surface area contributed by atoms with Crippen LogP contribution in [0.5, 0.6) is 0 Å². The number of ether oxygens (including phenoxy) is 2. The van der Waals surface area contributed by atoms with Gasteiger partial charge in [0.1, 0.15) is 6.54 Å². The van der Waals surface area contributed by atoms with Crippen LogP contribution >= 0.6 is 0 Å². The number of aliphatic hydroxyl groups excluding tert-OH is 1. The van der Waals surface area contributed by atoms with Crippen molar-refractivity contribution >= 4 is 22.2 Å². The number of aliphatic hydroxyl groups is 1. The van der Waals surface area contributed by atoms with Crippen LogP contribution in [0.1, 0.15) is 194 Å². The van der Waals surface area contributed by atoms with Crippen LogP contribution < -0.4 is 10.6 Å². The quantitative estimate of drug-likeness (QED) is 0.0236. The fraction of sp³-hybridized carbons (Fsp3) is 0.955. The van der Waals surface area contributed by atoms with Crippen molar-refractivity contribution in [3.05, 3.63) is 0 Å². The zero-order valence-corrected chi connectivity index (χ0v) is 38.3. The standard InChI is InChI=1S/C43H87N3O5.CH4O4S/c1-4-6-8-10-12-14-16-18-20-22-24-26-28-30-42(48)44-32-34-46(3,36-38-50-40-41-51-39-37-47)35-33-45-43(49)31-29-27-25-23-21-19-17-15-13-11-9-7-5-2;1-5-6(2,3)4/h47H,4-41H2,1-3H3,(H-,44,45,48,49);1H3,(H,2,3,4). The number of quaternary nitrogens is 1. The normalized spacial score (nSPS) is 11.7. The number of nitrogens with zero attached hydrogens (tertiary/aromatic N) is 1. The molecule has 0 heterocycles. The van der Waals surface area contributed by atoms with Crippen LogP contribution in [0, 0.1) is 0 Å². The Kier molecular flexibility index (Phi) is 44.8. The second-order valence-corrected chi connectivity index (χ2v) is 17.1. The van der Waals surface area contributed by atoms with Gasteiger partial charge >= 0.3 is 0 Å². The Hall–Kier alpha value is -1.35. The van der Waals surface area contributed by atoms with E-state index in [4.69, 9.17) is 14.6 Å². The van der Waals surface area contributed by atoms with Gasteiger partial charge in [-0.25, -0.2) is 8.42 Å². The molecular formula is C44H91N3O9S. The summed E-state index contributed by atoms with van der Waals surface area (Å²) in [6.07, 6.45) is 35.2. The molecule has 12 nitrogen and oxygen atoms in total. The summed E-state index contributed by atoms with van der Waals surface area (Å²) in [6.45, 7) is 10.1. The zero-order chi connectivity index (χ0) is 42.6. The molecule has 0 unspecified atom stereocenters. The molecule has 342 valence electrons. The molecule has 0 saturated heterocycles. The summed E-state index contributed by atoms with van der Waals surface area (Å²) in [5.41, 5.74) is 0. The second-order valence-electron chi connectivity index (χ2n) is 16.0. The van der Waals surface area contributed by atoms with Gasteiger partial charge in [0.05, 0.1) is 73.4 Å². The topological polar surface area (TPSA) is 163 Å². The summed E-state index contributed by atoms with van der Waals surface area (Å²) < 4.78 is 42.8. The first-order valence-electron chi connectivity index (χ1n) is 23.2. The molecule has 0 aliphatic carbocycles. The Morgan fingerprint density at radius 3 is 1.12 bits per heavy atom. The highest BCUT2D eigenvalue weighted by Crippen LogP contribution is 2.14. The summed E-state index contributed by atoms with van der Waals surface area (Å²) >= 11 is 0. The van der Waals surface area contributed by atoms with E-state index < -0.39 is 10.4 Å². The van der Waals surface area contributed by atoms with E-state index in [1.807, 2.05) is 0 Å². The number of hydrogen-bond acceptors (Lipinski definition) is 9. The summed E-state index contributed by atoms with van der Waals surface area (Å²) in [5, 5.41) is 15.2. The lowest BCUT2D eigenvalue weighted by atomic mass is 10.0. The SMILES string of the molecule is CCCCCCCCCCCCCCCC(=O)NCC[N+](C)(CCNC(=O)CCCCCCCCCCCCCCC)CCOCCOCCO.COS(=O)(=O)[O-]. The highest BCUT2D eigenvalue weighted by Gasteiger charge is 2.22. The maximum atomic E-state index is 12.6. The van der Waals surface area contributed by atoms with Gasteiger partial charge in [-0.2, -0.15) is 0 Å². The fourth-order valence-electron chi connectivity index (χ4n) is 6.72. The maximum Gasteiger partial charge on any atom is 0.220 e. The molecule has 13 heteroatoms. The molecule has 57 heavy (non-hydrogen) atoms. The molecule has 0 saturated carbocycles. The van der Waals surface area contributed by atoms with E-state index in [0.29, 0.717) is 52.4 Å². The molecule has 0 aromatic rings. The molecule has 0 rings (SSSR count). The lowest BCUT2D eigenvalue weighted by Crippen LogP contribution is -2.53. The van der Waals surface area contributed by atoms with Crippen molar-refractivity contribution in [1.82, 2.24) is 10.6 Å². The first-order valence-corrected chi connectivity index (χ1v) is 24.5. The van der Waals surface area contributed by atoms with Crippen LogP contribution in [-0.4, -0.2) is 114 Å². The molecule has 0 atom stereocenters. The van der Waals surface area contributed by atoms with Gasteiger partial charge in [0.25, 0.3) is 0 Å². The predicted octanol–water partition coefficient (Wildman–Crippen LogP) is 8.75. The number of carbonyl (C=O) groups excluding carboxylic acids is 2. The summed E-state index contributed by atoms with van der Waals surface area (Å²) in [7, 11) is -1.42. The van der Waals surface area contributed by atoms with Gasteiger partial charge in [-0.05, 0) is 12.8 Å². The smallest absolute Gasteiger partial charge is 0.220 e. The van der Waals surface area contributed by atoms with Gasteiger partial charge < -0.3 is 34.2 Å². The lowest BCUT2D eigenvalue weighted by Gasteiger charge is -2.34. The van der Waals surface area contributed by atoms with E-state index in [1.54, 1.807) is 0 Å². The van der Waals surface area contributed by atoms with E-state index in [-0.39, 0.29) is 18.4 Å². The number of amides is 2. The third-order valence-electron chi connectivity index (χ3n) is 10.5. The number of carbonyl (C=O) groups is 2. The number of hydrogen-bond donors (Lipinski definition) is 3. The van der Waals surface area contributed by atoms with Crippen LogP contribution in [0.3, 0.4) is 0 Å². The van der Waals surface area contributed by atoms with Gasteiger partial charge in [0, 0.05) is 12.8 Å². The zero-order valence-electron chi connectivity index (χ0n) is 37.4. The van der Waals surface area contributed by atoms with Crippen molar-refractivity contribution in [1.29, 1.82) is 0 Å². The second kappa shape index (κ2) is 44.2. The molecule has 0 aromatic heterocycles. The molecule has 3 N–H and O–H groups in total. The van der Waals surface area contributed by atoms with Crippen LogP contribution in [0.2, 0.25) is 0 Å². The van der Waals surface area contributed by atoms with E-state index >= 15 is 0 Å². The number of likely N-dealkylation sites (N-methyl/N-ethyl adjacent to an activating group) is 1. The Morgan fingerprint density at radius 1 is 0.526 bits per heavy atom. The van der Waals surface area contributed by atoms with Gasteiger partial charge in [-0.3, -0.25) is 13.8 Å². The summed E-state index contributed by atoms with van der Waals surface area (Å²) in [4.78, 5) is 25.1. The van der Waals surface area contributed by atoms with Crippen molar-refractivity contribution in [3.8, 4) is 0 Å². The molecule has 0 aliphatic rings. The van der Waals surface area contributed by atoms with Gasteiger partial charge in [-0.1, -0.05) is 168 Å². The summed E-state index contributed by atoms with van der Waals surface area (Å²) in [6, 6.07) is 0. The predicted molar refractivity (Wildman–Crippen MR) is 233 cm³/mol. The minimum absolute atomic E-state index is 0.0190. The van der Waals surface area contributed by atoms with Gasteiger partial charge in [-0.15, -0.1) is 0 Å². The van der Waals surface area contributed by atoms with Crippen molar-refractivity contribution in [2.45, 2.75) is 194 Å². The highest BCUT2D eigenvalue weighted by atomic mass is 32.3. The highest BCUT2D eigenvalue weighted by molar-refractivity contribution is 7.80. The Morgan fingerprint density at radius 2 is 0.825 bits per heavy atom. The molecular weight excluding hydrogens is 747 g/mol. The van der Waals surface area contributed by atoms with Gasteiger partial charge in [0.2, 0.25) is 22.2 Å². The first kappa shape index (κ1) is 57.7. The third-order valence-corrected chi connectivity index (χ3v) is 11.0.